The number of aromatic nitrogens is 2. The van der Waals surface area contributed by atoms with E-state index in [2.05, 4.69) is 10.3 Å². The highest BCUT2D eigenvalue weighted by molar-refractivity contribution is 5.94. The zero-order valence-electron chi connectivity index (χ0n) is 19.1. The van der Waals surface area contributed by atoms with Gasteiger partial charge in [-0.3, -0.25) is 19.1 Å². The lowest BCUT2D eigenvalue weighted by Gasteiger charge is -2.25. The molecule has 3 rings (SSSR count). The lowest BCUT2D eigenvalue weighted by Crippen LogP contribution is -2.41. The minimum Gasteiger partial charge on any atom is -0.383 e. The summed E-state index contributed by atoms with van der Waals surface area (Å²) in [4.78, 5) is 41.6. The monoisotopic (exact) mass is 449 g/mol. The van der Waals surface area contributed by atoms with Crippen LogP contribution in [0.1, 0.15) is 33.1 Å². The number of hydrogen-bond acceptors (Lipinski definition) is 5. The van der Waals surface area contributed by atoms with Crippen molar-refractivity contribution < 1.29 is 4.79 Å². The largest absolute Gasteiger partial charge is 0.383 e. The van der Waals surface area contributed by atoms with Crippen LogP contribution >= 0.6 is 0 Å². The summed E-state index contributed by atoms with van der Waals surface area (Å²) in [5, 5.41) is 2.88. The summed E-state index contributed by atoms with van der Waals surface area (Å²) in [7, 11) is 0. The zero-order chi connectivity index (χ0) is 23.8. The Morgan fingerprint density at radius 1 is 1.00 bits per heavy atom. The van der Waals surface area contributed by atoms with Crippen LogP contribution in [0.4, 0.5) is 17.2 Å². The maximum atomic E-state index is 12.8. The molecule has 3 aromatic rings. The average Bonchev–Trinajstić information content (AvgIpc) is 2.80. The van der Waals surface area contributed by atoms with Crippen molar-refractivity contribution >= 4 is 23.1 Å². The Hall–Kier alpha value is -3.81. The number of rotatable bonds is 10. The Balaban J connectivity index is 1.78. The summed E-state index contributed by atoms with van der Waals surface area (Å²) in [6.45, 7) is 4.75. The SMILES string of the molecule is CCCCn1c(N)c(N(CCC)CC(=O)Nc2ccc(-c3ccccc3)cc2)c(=O)[nH]c1=O. The number of benzene rings is 2. The summed E-state index contributed by atoms with van der Waals surface area (Å²) in [5.41, 5.74) is 8.07. The predicted molar refractivity (Wildman–Crippen MR) is 134 cm³/mol. The molecule has 8 heteroatoms. The molecule has 1 heterocycles. The smallest absolute Gasteiger partial charge is 0.330 e. The van der Waals surface area contributed by atoms with E-state index in [9.17, 15) is 14.4 Å². The molecule has 1 amide bonds. The Kier molecular flexibility index (Phi) is 8.07. The third kappa shape index (κ3) is 5.91. The number of nitrogens with one attached hydrogen (secondary N) is 2. The normalized spacial score (nSPS) is 10.7. The van der Waals surface area contributed by atoms with E-state index in [1.807, 2.05) is 68.4 Å². The molecule has 0 spiro atoms. The molecule has 0 radical (unpaired) electrons. The maximum Gasteiger partial charge on any atom is 0.330 e. The topological polar surface area (TPSA) is 113 Å². The molecule has 1 aromatic heterocycles. The van der Waals surface area contributed by atoms with Gasteiger partial charge in [0, 0.05) is 18.8 Å². The van der Waals surface area contributed by atoms with Crippen LogP contribution in [0.3, 0.4) is 0 Å². The lowest BCUT2D eigenvalue weighted by molar-refractivity contribution is -0.115. The molecule has 0 saturated heterocycles. The van der Waals surface area contributed by atoms with E-state index in [-0.39, 0.29) is 24.0 Å². The van der Waals surface area contributed by atoms with E-state index in [1.54, 1.807) is 4.90 Å². The predicted octanol–water partition coefficient (Wildman–Crippen LogP) is 3.44. The zero-order valence-corrected chi connectivity index (χ0v) is 19.1. The number of anilines is 3. The number of unbranched alkanes of at least 4 members (excludes halogenated alkanes) is 1. The van der Waals surface area contributed by atoms with Crippen molar-refractivity contribution in [2.24, 2.45) is 0 Å². The molecule has 0 saturated carbocycles. The number of nitrogens with two attached hydrogens (primary N) is 1. The number of carbonyl (C=O) groups excluding carboxylic acids is 1. The van der Waals surface area contributed by atoms with Gasteiger partial charge in [-0.25, -0.2) is 4.79 Å². The van der Waals surface area contributed by atoms with Crippen molar-refractivity contribution in [1.82, 2.24) is 9.55 Å². The molecule has 0 aliphatic rings. The molecule has 0 unspecified atom stereocenters. The number of carbonyl (C=O) groups is 1. The first kappa shape index (κ1) is 23.8. The van der Waals surface area contributed by atoms with Crippen molar-refractivity contribution in [1.29, 1.82) is 0 Å². The third-order valence-electron chi connectivity index (χ3n) is 5.37. The fourth-order valence-electron chi connectivity index (χ4n) is 3.71. The second-order valence-electron chi connectivity index (χ2n) is 7.91. The summed E-state index contributed by atoms with van der Waals surface area (Å²) < 4.78 is 1.36. The van der Waals surface area contributed by atoms with Gasteiger partial charge in [-0.15, -0.1) is 0 Å². The van der Waals surface area contributed by atoms with Crippen LogP contribution in [0.15, 0.2) is 64.2 Å². The van der Waals surface area contributed by atoms with E-state index < -0.39 is 11.2 Å². The highest BCUT2D eigenvalue weighted by Gasteiger charge is 2.20. The molecule has 0 fully saturated rings. The number of hydrogen-bond donors (Lipinski definition) is 3. The molecule has 2 aromatic carbocycles. The van der Waals surface area contributed by atoms with Crippen molar-refractivity contribution in [3.63, 3.8) is 0 Å². The molecule has 0 aliphatic carbocycles. The first-order valence-electron chi connectivity index (χ1n) is 11.3. The maximum absolute atomic E-state index is 12.8. The van der Waals surface area contributed by atoms with Gasteiger partial charge in [0.25, 0.3) is 5.56 Å². The standard InChI is InChI=1S/C25H31N5O3/c1-3-5-16-30-23(26)22(24(32)28-25(30)33)29(15-4-2)17-21(31)27-20-13-11-19(12-14-20)18-9-7-6-8-10-18/h6-14H,3-5,15-17,26H2,1-2H3,(H,27,31)(H,28,32,33). The van der Waals surface area contributed by atoms with Gasteiger partial charge in [0.15, 0.2) is 0 Å². The average molecular weight is 450 g/mol. The fraction of sp³-hybridized carbons (Fsp3) is 0.320. The Morgan fingerprint density at radius 2 is 1.67 bits per heavy atom. The van der Waals surface area contributed by atoms with E-state index in [0.717, 1.165) is 24.0 Å². The summed E-state index contributed by atoms with van der Waals surface area (Å²) in [5.74, 6) is -0.188. The van der Waals surface area contributed by atoms with Gasteiger partial charge in [0.1, 0.15) is 11.5 Å². The van der Waals surface area contributed by atoms with Gasteiger partial charge in [-0.1, -0.05) is 62.7 Å². The van der Waals surface area contributed by atoms with E-state index in [1.165, 1.54) is 4.57 Å². The van der Waals surface area contributed by atoms with Gasteiger partial charge in [0.05, 0.1) is 6.54 Å². The van der Waals surface area contributed by atoms with Crippen LogP contribution in [-0.2, 0) is 11.3 Å². The molecule has 0 bridgehead atoms. The Morgan fingerprint density at radius 3 is 2.30 bits per heavy atom. The molecule has 33 heavy (non-hydrogen) atoms. The van der Waals surface area contributed by atoms with E-state index in [4.69, 9.17) is 5.73 Å². The molecule has 8 nitrogen and oxygen atoms in total. The second-order valence-corrected chi connectivity index (χ2v) is 7.91. The van der Waals surface area contributed by atoms with Crippen molar-refractivity contribution in [3.8, 4) is 11.1 Å². The number of nitrogen functional groups attached to an aromatic ring is 1. The van der Waals surface area contributed by atoms with Crippen LogP contribution in [0, 0.1) is 0 Å². The van der Waals surface area contributed by atoms with Crippen molar-refractivity contribution in [2.45, 2.75) is 39.7 Å². The fourth-order valence-corrected chi connectivity index (χ4v) is 3.71. The second kappa shape index (κ2) is 11.2. The molecular weight excluding hydrogens is 418 g/mol. The molecule has 4 N–H and O–H groups in total. The summed E-state index contributed by atoms with van der Waals surface area (Å²) >= 11 is 0. The van der Waals surface area contributed by atoms with Crippen molar-refractivity contribution in [3.05, 3.63) is 75.4 Å². The van der Waals surface area contributed by atoms with Crippen LogP contribution in [0.2, 0.25) is 0 Å². The molecule has 174 valence electrons. The highest BCUT2D eigenvalue weighted by Crippen LogP contribution is 2.21. The number of H-pyrrole nitrogens is 1. The van der Waals surface area contributed by atoms with Crippen LogP contribution in [0.5, 0.6) is 0 Å². The number of amides is 1. The third-order valence-corrected chi connectivity index (χ3v) is 5.37. The highest BCUT2D eigenvalue weighted by atomic mass is 16.2. The van der Waals surface area contributed by atoms with Gasteiger partial charge in [-0.2, -0.15) is 0 Å². The van der Waals surface area contributed by atoms with Gasteiger partial charge < -0.3 is 16.0 Å². The summed E-state index contributed by atoms with van der Waals surface area (Å²) in [6, 6.07) is 17.6. The van der Waals surface area contributed by atoms with Gasteiger partial charge in [0.2, 0.25) is 5.91 Å². The Labute approximate surface area is 193 Å². The van der Waals surface area contributed by atoms with E-state index >= 15 is 0 Å². The molecular formula is C25H31N5O3. The number of nitrogens with zero attached hydrogens (tertiary/aromatic N) is 2. The quantitative estimate of drug-likeness (QED) is 0.439. The Bertz CT molecular complexity index is 1180. The van der Waals surface area contributed by atoms with Gasteiger partial charge in [-0.05, 0) is 36.1 Å². The van der Waals surface area contributed by atoms with Crippen LogP contribution in [0.25, 0.3) is 11.1 Å². The minimum atomic E-state index is -0.585. The van der Waals surface area contributed by atoms with Crippen LogP contribution in [-0.4, -0.2) is 28.5 Å². The minimum absolute atomic E-state index is 0.0620. The molecule has 0 atom stereocenters. The first-order chi connectivity index (χ1) is 15.9. The number of aromatic amines is 1. The van der Waals surface area contributed by atoms with Crippen LogP contribution < -0.4 is 27.2 Å². The van der Waals surface area contributed by atoms with E-state index in [0.29, 0.717) is 25.2 Å². The van der Waals surface area contributed by atoms with Gasteiger partial charge >= 0.3 is 5.69 Å². The van der Waals surface area contributed by atoms with Crippen molar-refractivity contribution in [2.75, 3.05) is 29.0 Å². The molecule has 0 aliphatic heterocycles. The first-order valence-corrected chi connectivity index (χ1v) is 11.3. The lowest BCUT2D eigenvalue weighted by atomic mass is 10.1. The summed E-state index contributed by atoms with van der Waals surface area (Å²) in [6.07, 6.45) is 2.33.